The molecule has 2 aromatic carbocycles. The summed E-state index contributed by atoms with van der Waals surface area (Å²) in [5.41, 5.74) is 2.51. The molecule has 0 saturated carbocycles. The van der Waals surface area contributed by atoms with Crippen molar-refractivity contribution in [2.24, 2.45) is 5.92 Å². The molecule has 0 N–H and O–H groups in total. The largest absolute Gasteiger partial charge is 0.118 e. The van der Waals surface area contributed by atoms with E-state index >= 15 is 0 Å². The molecule has 2 unspecified atom stereocenters. The smallest absolute Gasteiger partial charge is 0.0613 e. The summed E-state index contributed by atoms with van der Waals surface area (Å²) in [5, 5.41) is 0.0604. The Hall–Kier alpha value is -0.790. The van der Waals surface area contributed by atoms with Crippen LogP contribution in [0, 0.1) is 5.92 Å². The van der Waals surface area contributed by atoms with Crippen molar-refractivity contribution >= 4 is 27.5 Å². The molecule has 0 amide bonds. The SMILES string of the molecule is CC(Cc1cccc(Br)c1)C(Cl)c1ccccc1. The van der Waals surface area contributed by atoms with Gasteiger partial charge in [0.15, 0.2) is 0 Å². The van der Waals surface area contributed by atoms with Crippen molar-refractivity contribution in [1.82, 2.24) is 0 Å². The molecule has 0 aromatic heterocycles. The first kappa shape index (κ1) is 13.6. The number of hydrogen-bond acceptors (Lipinski definition) is 0. The minimum absolute atomic E-state index is 0.0604. The van der Waals surface area contributed by atoms with Gasteiger partial charge < -0.3 is 0 Å². The molecule has 2 aromatic rings. The van der Waals surface area contributed by atoms with Crippen LogP contribution < -0.4 is 0 Å². The molecular formula is C16H16BrCl. The van der Waals surface area contributed by atoms with Gasteiger partial charge in [-0.3, -0.25) is 0 Å². The maximum Gasteiger partial charge on any atom is 0.0613 e. The fourth-order valence-electron chi connectivity index (χ4n) is 2.10. The maximum atomic E-state index is 6.53. The average molecular weight is 324 g/mol. The van der Waals surface area contributed by atoms with Crippen LogP contribution in [0.5, 0.6) is 0 Å². The molecule has 0 heterocycles. The van der Waals surface area contributed by atoms with Gasteiger partial charge in [0.25, 0.3) is 0 Å². The topological polar surface area (TPSA) is 0 Å². The molecule has 0 radical (unpaired) electrons. The molecular weight excluding hydrogens is 308 g/mol. The Morgan fingerprint density at radius 2 is 1.78 bits per heavy atom. The summed E-state index contributed by atoms with van der Waals surface area (Å²) in [7, 11) is 0. The quantitative estimate of drug-likeness (QED) is 0.642. The summed E-state index contributed by atoms with van der Waals surface area (Å²) in [4.78, 5) is 0. The Morgan fingerprint density at radius 1 is 1.06 bits per heavy atom. The number of benzene rings is 2. The highest BCUT2D eigenvalue weighted by Crippen LogP contribution is 2.31. The summed E-state index contributed by atoms with van der Waals surface area (Å²) in [5.74, 6) is 0.406. The van der Waals surface area contributed by atoms with Gasteiger partial charge in [0.05, 0.1) is 5.38 Å². The predicted octanol–water partition coefficient (Wildman–Crippen LogP) is 5.61. The van der Waals surface area contributed by atoms with E-state index < -0.39 is 0 Å². The molecule has 0 aliphatic carbocycles. The highest BCUT2D eigenvalue weighted by atomic mass is 79.9. The second-order valence-electron chi connectivity index (χ2n) is 4.62. The average Bonchev–Trinajstić information content (AvgIpc) is 2.39. The van der Waals surface area contributed by atoms with E-state index in [1.807, 2.05) is 24.3 Å². The van der Waals surface area contributed by atoms with Gasteiger partial charge in [-0.1, -0.05) is 65.3 Å². The van der Waals surface area contributed by atoms with Crippen LogP contribution in [-0.4, -0.2) is 0 Å². The predicted molar refractivity (Wildman–Crippen MR) is 82.0 cm³/mol. The third-order valence-electron chi connectivity index (χ3n) is 3.06. The van der Waals surface area contributed by atoms with Gasteiger partial charge in [0, 0.05) is 4.47 Å². The van der Waals surface area contributed by atoms with Gasteiger partial charge in [0.2, 0.25) is 0 Å². The van der Waals surface area contributed by atoms with Crippen LogP contribution in [-0.2, 0) is 6.42 Å². The van der Waals surface area contributed by atoms with Gasteiger partial charge in [-0.25, -0.2) is 0 Å². The van der Waals surface area contributed by atoms with Crippen LogP contribution in [0.1, 0.15) is 23.4 Å². The van der Waals surface area contributed by atoms with Crippen molar-refractivity contribution in [3.05, 3.63) is 70.2 Å². The van der Waals surface area contributed by atoms with Gasteiger partial charge in [-0.15, -0.1) is 11.6 Å². The number of halogens is 2. The zero-order chi connectivity index (χ0) is 13.0. The summed E-state index contributed by atoms with van der Waals surface area (Å²) in [6.45, 7) is 2.20. The normalized spacial score (nSPS) is 14.2. The standard InChI is InChI=1S/C16H16BrCl/c1-12(10-13-6-5-9-15(17)11-13)16(18)14-7-3-2-4-8-14/h2-9,11-12,16H,10H2,1H3. The Labute approximate surface area is 122 Å². The summed E-state index contributed by atoms with van der Waals surface area (Å²) < 4.78 is 1.12. The van der Waals surface area contributed by atoms with E-state index in [1.165, 1.54) is 11.1 Å². The number of rotatable bonds is 4. The number of hydrogen-bond donors (Lipinski definition) is 0. The van der Waals surface area contributed by atoms with Crippen LogP contribution in [0.3, 0.4) is 0 Å². The van der Waals surface area contributed by atoms with E-state index in [4.69, 9.17) is 11.6 Å². The Kier molecular flexibility index (Phi) is 4.85. The fourth-order valence-corrected chi connectivity index (χ4v) is 2.79. The summed E-state index contributed by atoms with van der Waals surface area (Å²) in [6.07, 6.45) is 0.989. The van der Waals surface area contributed by atoms with Crippen LogP contribution >= 0.6 is 27.5 Å². The Bertz CT molecular complexity index is 495. The van der Waals surface area contributed by atoms with Crippen molar-refractivity contribution in [2.45, 2.75) is 18.7 Å². The lowest BCUT2D eigenvalue weighted by atomic mass is 9.94. The second kappa shape index (κ2) is 6.40. The Morgan fingerprint density at radius 3 is 2.44 bits per heavy atom. The molecule has 2 rings (SSSR count). The molecule has 0 aliphatic heterocycles. The molecule has 0 nitrogen and oxygen atoms in total. The molecule has 0 aliphatic rings. The first-order valence-electron chi connectivity index (χ1n) is 6.10. The summed E-state index contributed by atoms with van der Waals surface area (Å²) >= 11 is 10.0. The van der Waals surface area contributed by atoms with E-state index in [2.05, 4.69) is 53.2 Å². The monoisotopic (exact) mass is 322 g/mol. The first-order valence-corrected chi connectivity index (χ1v) is 7.33. The van der Waals surface area contributed by atoms with Crippen LogP contribution in [0.15, 0.2) is 59.1 Å². The first-order chi connectivity index (χ1) is 8.66. The molecule has 0 bridgehead atoms. The Balaban J connectivity index is 2.06. The van der Waals surface area contributed by atoms with Crippen molar-refractivity contribution in [3.8, 4) is 0 Å². The lowest BCUT2D eigenvalue weighted by Crippen LogP contribution is -2.07. The van der Waals surface area contributed by atoms with E-state index in [0.29, 0.717) is 5.92 Å². The van der Waals surface area contributed by atoms with Crippen molar-refractivity contribution < 1.29 is 0 Å². The molecule has 94 valence electrons. The number of alkyl halides is 1. The second-order valence-corrected chi connectivity index (χ2v) is 6.01. The fraction of sp³-hybridized carbons (Fsp3) is 0.250. The van der Waals surface area contributed by atoms with Crippen LogP contribution in [0.4, 0.5) is 0 Å². The third-order valence-corrected chi connectivity index (χ3v) is 4.24. The molecule has 2 heteroatoms. The minimum atomic E-state index is 0.0604. The minimum Gasteiger partial charge on any atom is -0.118 e. The van der Waals surface area contributed by atoms with Gasteiger partial charge in [0.1, 0.15) is 0 Å². The van der Waals surface area contributed by atoms with Crippen molar-refractivity contribution in [1.29, 1.82) is 0 Å². The lowest BCUT2D eigenvalue weighted by molar-refractivity contribution is 0.558. The maximum absolute atomic E-state index is 6.53. The highest BCUT2D eigenvalue weighted by molar-refractivity contribution is 9.10. The van der Waals surface area contributed by atoms with E-state index in [9.17, 15) is 0 Å². The molecule has 0 fully saturated rings. The molecule has 0 saturated heterocycles. The van der Waals surface area contributed by atoms with E-state index in [1.54, 1.807) is 0 Å². The van der Waals surface area contributed by atoms with Crippen LogP contribution in [0.2, 0.25) is 0 Å². The van der Waals surface area contributed by atoms with E-state index in [-0.39, 0.29) is 5.38 Å². The lowest BCUT2D eigenvalue weighted by Gasteiger charge is -2.18. The zero-order valence-corrected chi connectivity index (χ0v) is 12.7. The van der Waals surface area contributed by atoms with E-state index in [0.717, 1.165) is 10.9 Å². The van der Waals surface area contributed by atoms with Gasteiger partial charge >= 0.3 is 0 Å². The van der Waals surface area contributed by atoms with Crippen molar-refractivity contribution in [3.63, 3.8) is 0 Å². The molecule has 18 heavy (non-hydrogen) atoms. The van der Waals surface area contributed by atoms with Crippen LogP contribution in [0.25, 0.3) is 0 Å². The summed E-state index contributed by atoms with van der Waals surface area (Å²) in [6, 6.07) is 18.7. The van der Waals surface area contributed by atoms with Gasteiger partial charge in [-0.05, 0) is 35.6 Å². The molecule has 2 atom stereocenters. The molecule has 0 spiro atoms. The third kappa shape index (κ3) is 3.60. The van der Waals surface area contributed by atoms with Gasteiger partial charge in [-0.2, -0.15) is 0 Å². The highest BCUT2D eigenvalue weighted by Gasteiger charge is 2.16. The van der Waals surface area contributed by atoms with Crippen molar-refractivity contribution in [2.75, 3.05) is 0 Å². The zero-order valence-electron chi connectivity index (χ0n) is 10.3.